The van der Waals surface area contributed by atoms with E-state index >= 15 is 0 Å². The van der Waals surface area contributed by atoms with Crippen molar-refractivity contribution < 1.29 is 4.74 Å². The molecule has 2 bridgehead atoms. The number of rotatable bonds is 4. The summed E-state index contributed by atoms with van der Waals surface area (Å²) in [5, 5.41) is 8.89. The van der Waals surface area contributed by atoms with Crippen molar-refractivity contribution in [3.63, 3.8) is 0 Å². The molecule has 2 aliphatic heterocycles. The van der Waals surface area contributed by atoms with E-state index in [4.69, 9.17) is 10.00 Å². The highest BCUT2D eigenvalue weighted by molar-refractivity contribution is 5.36. The molecule has 0 aliphatic carbocycles. The van der Waals surface area contributed by atoms with E-state index in [1.165, 1.54) is 25.8 Å². The summed E-state index contributed by atoms with van der Waals surface area (Å²) in [6, 6.07) is 11.0. The normalized spacial score (nSPS) is 26.3. The first-order chi connectivity index (χ1) is 10.3. The summed E-state index contributed by atoms with van der Waals surface area (Å²) >= 11 is 0. The summed E-state index contributed by atoms with van der Waals surface area (Å²) in [5.74, 6) is 0.794. The van der Waals surface area contributed by atoms with Crippen molar-refractivity contribution in [3.05, 3.63) is 29.8 Å². The summed E-state index contributed by atoms with van der Waals surface area (Å²) in [7, 11) is 2.27. The van der Waals surface area contributed by atoms with E-state index in [1.807, 2.05) is 12.1 Å². The van der Waals surface area contributed by atoms with Crippen LogP contribution in [-0.4, -0.2) is 55.2 Å². The summed E-state index contributed by atoms with van der Waals surface area (Å²) in [4.78, 5) is 5.09. The van der Waals surface area contributed by atoms with E-state index < -0.39 is 0 Å². The Morgan fingerprint density at radius 3 is 3.00 bits per heavy atom. The van der Waals surface area contributed by atoms with Crippen LogP contribution >= 0.6 is 0 Å². The number of nitriles is 1. The van der Waals surface area contributed by atoms with Gasteiger partial charge in [0, 0.05) is 25.2 Å². The van der Waals surface area contributed by atoms with Crippen LogP contribution in [0.2, 0.25) is 0 Å². The van der Waals surface area contributed by atoms with Crippen LogP contribution in [0.5, 0.6) is 5.75 Å². The van der Waals surface area contributed by atoms with E-state index in [0.717, 1.165) is 30.9 Å². The summed E-state index contributed by atoms with van der Waals surface area (Å²) in [6.07, 6.45) is 3.98. The Bertz CT molecular complexity index is 525. The molecule has 0 saturated carbocycles. The fourth-order valence-corrected chi connectivity index (χ4v) is 3.53. The van der Waals surface area contributed by atoms with Crippen molar-refractivity contribution in [1.82, 2.24) is 9.80 Å². The summed E-state index contributed by atoms with van der Waals surface area (Å²) in [6.45, 7) is 3.99. The second kappa shape index (κ2) is 6.46. The van der Waals surface area contributed by atoms with Gasteiger partial charge < -0.3 is 4.74 Å². The highest BCUT2D eigenvalue weighted by Crippen LogP contribution is 2.28. The van der Waals surface area contributed by atoms with E-state index in [1.54, 1.807) is 12.1 Å². The van der Waals surface area contributed by atoms with Crippen LogP contribution < -0.4 is 4.74 Å². The third-order valence-electron chi connectivity index (χ3n) is 4.87. The Hall–Kier alpha value is -1.57. The fraction of sp³-hybridized carbons (Fsp3) is 0.588. The number of likely N-dealkylation sites (N-methyl/N-ethyl adjacent to an activating group) is 1. The van der Waals surface area contributed by atoms with Gasteiger partial charge in [0.15, 0.2) is 0 Å². The van der Waals surface area contributed by atoms with Crippen molar-refractivity contribution >= 4 is 0 Å². The number of hydrogen-bond donors (Lipinski definition) is 0. The van der Waals surface area contributed by atoms with Crippen LogP contribution in [-0.2, 0) is 0 Å². The standard InChI is InChI=1S/C17H23N3O/c1-19-15-5-6-16(19)13-20(8-7-15)9-10-21-17-4-2-3-14(11-17)12-18/h2-4,11,15-16H,5-10,13H2,1H3. The van der Waals surface area contributed by atoms with Crippen LogP contribution in [0.25, 0.3) is 0 Å². The SMILES string of the molecule is CN1C2CCC1CN(CCOc1cccc(C#N)c1)CC2. The van der Waals surface area contributed by atoms with Crippen molar-refractivity contribution in [2.24, 2.45) is 0 Å². The van der Waals surface area contributed by atoms with Crippen molar-refractivity contribution in [1.29, 1.82) is 5.26 Å². The molecule has 0 N–H and O–H groups in total. The Morgan fingerprint density at radius 2 is 2.14 bits per heavy atom. The zero-order valence-corrected chi connectivity index (χ0v) is 12.7. The van der Waals surface area contributed by atoms with Gasteiger partial charge in [-0.15, -0.1) is 0 Å². The first-order valence-corrected chi connectivity index (χ1v) is 7.83. The lowest BCUT2D eigenvalue weighted by Gasteiger charge is -2.25. The van der Waals surface area contributed by atoms with E-state index in [9.17, 15) is 0 Å². The maximum absolute atomic E-state index is 8.89. The predicted molar refractivity (Wildman–Crippen MR) is 82.3 cm³/mol. The van der Waals surface area contributed by atoms with Crippen molar-refractivity contribution in [2.75, 3.05) is 33.3 Å². The van der Waals surface area contributed by atoms with Gasteiger partial charge in [-0.3, -0.25) is 9.80 Å². The molecule has 21 heavy (non-hydrogen) atoms. The van der Waals surface area contributed by atoms with Gasteiger partial charge in [0.2, 0.25) is 0 Å². The lowest BCUT2D eigenvalue weighted by Crippen LogP contribution is -2.38. The average Bonchev–Trinajstić information content (AvgIpc) is 2.75. The maximum Gasteiger partial charge on any atom is 0.120 e. The number of fused-ring (bicyclic) bond motifs is 2. The van der Waals surface area contributed by atoms with Gasteiger partial charge in [0.25, 0.3) is 0 Å². The number of nitrogens with zero attached hydrogens (tertiary/aromatic N) is 3. The monoisotopic (exact) mass is 285 g/mol. The molecule has 2 aliphatic rings. The van der Waals surface area contributed by atoms with Crippen molar-refractivity contribution in [2.45, 2.75) is 31.3 Å². The lowest BCUT2D eigenvalue weighted by atomic mass is 10.1. The molecule has 4 nitrogen and oxygen atoms in total. The molecule has 0 aromatic heterocycles. The number of likely N-dealkylation sites (tertiary alicyclic amines) is 1. The zero-order valence-electron chi connectivity index (χ0n) is 12.7. The third kappa shape index (κ3) is 3.37. The predicted octanol–water partition coefficient (Wildman–Crippen LogP) is 2.11. The van der Waals surface area contributed by atoms with Crippen LogP contribution in [0.4, 0.5) is 0 Å². The molecule has 0 radical (unpaired) electrons. The van der Waals surface area contributed by atoms with Gasteiger partial charge >= 0.3 is 0 Å². The Balaban J connectivity index is 1.48. The number of benzene rings is 1. The van der Waals surface area contributed by atoms with Gasteiger partial charge in [0.1, 0.15) is 12.4 Å². The molecule has 112 valence electrons. The van der Waals surface area contributed by atoms with Crippen LogP contribution in [0.1, 0.15) is 24.8 Å². The maximum atomic E-state index is 8.89. The topological polar surface area (TPSA) is 39.5 Å². The zero-order chi connectivity index (χ0) is 14.7. The second-order valence-corrected chi connectivity index (χ2v) is 6.13. The molecule has 2 unspecified atom stereocenters. The molecule has 2 saturated heterocycles. The molecule has 0 amide bonds. The number of ether oxygens (including phenoxy) is 1. The minimum absolute atomic E-state index is 0.654. The van der Waals surface area contributed by atoms with Crippen LogP contribution in [0, 0.1) is 11.3 Å². The lowest BCUT2D eigenvalue weighted by molar-refractivity contribution is 0.187. The first kappa shape index (κ1) is 14.4. The molecular formula is C17H23N3O. The smallest absolute Gasteiger partial charge is 0.120 e. The van der Waals surface area contributed by atoms with Gasteiger partial charge in [-0.05, 0) is 51.1 Å². The molecule has 1 aromatic carbocycles. The first-order valence-electron chi connectivity index (χ1n) is 7.83. The Labute approximate surface area is 126 Å². The molecule has 3 rings (SSSR count). The largest absolute Gasteiger partial charge is 0.492 e. The molecule has 2 fully saturated rings. The summed E-state index contributed by atoms with van der Waals surface area (Å²) in [5.41, 5.74) is 0.654. The Morgan fingerprint density at radius 1 is 1.29 bits per heavy atom. The molecule has 0 spiro atoms. The molecule has 1 aromatic rings. The minimum atomic E-state index is 0.654. The average molecular weight is 285 g/mol. The molecule has 2 atom stereocenters. The van der Waals surface area contributed by atoms with Gasteiger partial charge in [-0.1, -0.05) is 6.07 Å². The molecule has 4 heteroatoms. The highest BCUT2D eigenvalue weighted by Gasteiger charge is 2.34. The van der Waals surface area contributed by atoms with E-state index in [0.29, 0.717) is 12.2 Å². The minimum Gasteiger partial charge on any atom is -0.492 e. The van der Waals surface area contributed by atoms with E-state index in [2.05, 4.69) is 22.9 Å². The van der Waals surface area contributed by atoms with Crippen LogP contribution in [0.3, 0.4) is 0 Å². The quantitative estimate of drug-likeness (QED) is 0.849. The molecular weight excluding hydrogens is 262 g/mol. The van der Waals surface area contributed by atoms with Gasteiger partial charge in [-0.2, -0.15) is 5.26 Å². The second-order valence-electron chi connectivity index (χ2n) is 6.13. The van der Waals surface area contributed by atoms with Gasteiger partial charge in [0.05, 0.1) is 11.6 Å². The van der Waals surface area contributed by atoms with Gasteiger partial charge in [-0.25, -0.2) is 0 Å². The van der Waals surface area contributed by atoms with Crippen LogP contribution in [0.15, 0.2) is 24.3 Å². The fourth-order valence-electron chi connectivity index (χ4n) is 3.53. The number of hydrogen-bond acceptors (Lipinski definition) is 4. The molecule has 2 heterocycles. The highest BCUT2D eigenvalue weighted by atomic mass is 16.5. The Kier molecular flexibility index (Phi) is 4.42. The third-order valence-corrected chi connectivity index (χ3v) is 4.87. The summed E-state index contributed by atoms with van der Waals surface area (Å²) < 4.78 is 5.79. The van der Waals surface area contributed by atoms with Crippen molar-refractivity contribution in [3.8, 4) is 11.8 Å². The van der Waals surface area contributed by atoms with E-state index in [-0.39, 0.29) is 0 Å².